The molecule has 4 atom stereocenters. The van der Waals surface area contributed by atoms with E-state index in [0.717, 1.165) is 0 Å². The van der Waals surface area contributed by atoms with Gasteiger partial charge in [0.25, 0.3) is 0 Å². The predicted molar refractivity (Wildman–Crippen MR) is 110 cm³/mol. The lowest BCUT2D eigenvalue weighted by molar-refractivity contribution is 0.986. The van der Waals surface area contributed by atoms with Gasteiger partial charge in [-0.2, -0.15) is 0 Å². The Hall–Kier alpha value is 0.668. The van der Waals surface area contributed by atoms with E-state index in [4.69, 9.17) is 0 Å². The average molecular weight is 378 g/mol. The molecule has 1 aliphatic heterocycles. The fourth-order valence-corrected chi connectivity index (χ4v) is 26.6. The van der Waals surface area contributed by atoms with Crippen LogP contribution in [-0.4, -0.2) is 54.6 Å². The quantitative estimate of drug-likeness (QED) is 0.396. The summed E-state index contributed by atoms with van der Waals surface area (Å²) < 4.78 is 8.23. The minimum atomic E-state index is -1.59. The van der Waals surface area contributed by atoms with Gasteiger partial charge in [-0.25, -0.2) is 0 Å². The maximum atomic E-state index is 4.17. The standard InChI is InChI=1S/C13H39N5Si4/c1-9-19(5,14-2)10-11-20(6,15-3)17-22(8)13-12-21(7,16-4)18-22/h14-18H,9-13H2,1-8H3. The van der Waals surface area contributed by atoms with Crippen molar-refractivity contribution in [3.63, 3.8) is 0 Å². The Morgan fingerprint density at radius 3 is 1.95 bits per heavy atom. The topological polar surface area (TPSA) is 60.1 Å². The summed E-state index contributed by atoms with van der Waals surface area (Å²) in [6.45, 7) is 12.2. The molecule has 0 aromatic heterocycles. The van der Waals surface area contributed by atoms with Gasteiger partial charge in [0, 0.05) is 0 Å². The second-order valence-electron chi connectivity index (χ2n) is 7.91. The molecule has 9 heteroatoms. The van der Waals surface area contributed by atoms with Crippen molar-refractivity contribution in [3.8, 4) is 0 Å². The third-order valence-electron chi connectivity index (χ3n) is 5.89. The maximum Gasteiger partial charge on any atom is 0.192 e. The first-order chi connectivity index (χ1) is 10.1. The van der Waals surface area contributed by atoms with Gasteiger partial charge in [0.2, 0.25) is 0 Å². The number of hydrogen-bond acceptors (Lipinski definition) is 5. The SMILES string of the molecule is CC[Si](C)(CC[Si](C)(NC)N[Si]1(C)CC[Si](C)(NC)N1)NC. The lowest BCUT2D eigenvalue weighted by atomic mass is 10.9. The molecule has 1 rings (SSSR count). The Bertz CT molecular complexity index is 370. The molecule has 0 spiro atoms. The fraction of sp³-hybridized carbons (Fsp3) is 1.00. The molecule has 1 heterocycles. The smallest absolute Gasteiger partial charge is 0.192 e. The predicted octanol–water partition coefficient (Wildman–Crippen LogP) is 1.65. The van der Waals surface area contributed by atoms with E-state index in [2.05, 4.69) is 78.5 Å². The largest absolute Gasteiger partial charge is 0.340 e. The molecule has 22 heavy (non-hydrogen) atoms. The van der Waals surface area contributed by atoms with E-state index >= 15 is 0 Å². The third-order valence-corrected chi connectivity index (χ3v) is 25.8. The monoisotopic (exact) mass is 377 g/mol. The van der Waals surface area contributed by atoms with E-state index in [1.165, 1.54) is 30.2 Å². The Balaban J connectivity index is 2.71. The molecular weight excluding hydrogens is 339 g/mol. The second-order valence-corrected chi connectivity index (χ2v) is 25.2. The summed E-state index contributed by atoms with van der Waals surface area (Å²) in [6.07, 6.45) is 0. The molecule has 0 bridgehead atoms. The van der Waals surface area contributed by atoms with E-state index in [1.807, 2.05) is 0 Å². The maximum absolute atomic E-state index is 4.17. The Labute approximate surface area is 142 Å². The van der Waals surface area contributed by atoms with Crippen LogP contribution in [0.4, 0.5) is 0 Å². The summed E-state index contributed by atoms with van der Waals surface area (Å²) in [4.78, 5) is 10.9. The van der Waals surface area contributed by atoms with E-state index in [9.17, 15) is 0 Å². The van der Waals surface area contributed by atoms with Crippen LogP contribution in [0.1, 0.15) is 6.92 Å². The molecule has 1 saturated heterocycles. The van der Waals surface area contributed by atoms with Gasteiger partial charge in [0.05, 0.1) is 0 Å². The molecule has 1 fully saturated rings. The lowest BCUT2D eigenvalue weighted by Gasteiger charge is -2.39. The van der Waals surface area contributed by atoms with Crippen LogP contribution in [0, 0.1) is 0 Å². The molecule has 0 radical (unpaired) electrons. The molecule has 0 aliphatic carbocycles. The van der Waals surface area contributed by atoms with Crippen molar-refractivity contribution in [2.24, 2.45) is 0 Å². The van der Waals surface area contributed by atoms with E-state index in [-0.39, 0.29) is 0 Å². The number of rotatable bonds is 9. The first-order valence-electron chi connectivity index (χ1n) is 8.72. The highest BCUT2D eigenvalue weighted by Crippen LogP contribution is 2.26. The van der Waals surface area contributed by atoms with Gasteiger partial charge < -0.3 is 24.2 Å². The van der Waals surface area contributed by atoms with Crippen LogP contribution in [-0.2, 0) is 0 Å². The summed E-state index contributed by atoms with van der Waals surface area (Å²) in [5.74, 6) is 0. The summed E-state index contributed by atoms with van der Waals surface area (Å²) in [7, 11) is 0.688. The molecule has 4 unspecified atom stereocenters. The summed E-state index contributed by atoms with van der Waals surface area (Å²) in [5.41, 5.74) is 0. The number of nitrogens with one attached hydrogen (secondary N) is 5. The molecule has 5 N–H and O–H groups in total. The minimum absolute atomic E-state index is 1.24. The normalized spacial score (nSPS) is 34.4. The molecular formula is C13H39N5Si4. The first-order valence-corrected chi connectivity index (χ1v) is 19.8. The zero-order chi connectivity index (χ0) is 17.1. The van der Waals surface area contributed by atoms with Crippen LogP contribution >= 0.6 is 0 Å². The van der Waals surface area contributed by atoms with Gasteiger partial charge >= 0.3 is 0 Å². The molecule has 0 saturated carbocycles. The minimum Gasteiger partial charge on any atom is -0.340 e. The van der Waals surface area contributed by atoms with Crippen LogP contribution in [0.2, 0.25) is 56.4 Å². The Morgan fingerprint density at radius 1 is 0.955 bits per heavy atom. The summed E-state index contributed by atoms with van der Waals surface area (Å²) >= 11 is 0. The van der Waals surface area contributed by atoms with Crippen molar-refractivity contribution in [1.82, 2.24) is 24.2 Å². The van der Waals surface area contributed by atoms with E-state index in [1.54, 1.807) is 0 Å². The zero-order valence-electron chi connectivity index (χ0n) is 16.0. The van der Waals surface area contributed by atoms with Gasteiger partial charge in [-0.3, -0.25) is 0 Å². The first kappa shape index (κ1) is 20.7. The van der Waals surface area contributed by atoms with Crippen molar-refractivity contribution in [1.29, 1.82) is 0 Å². The second kappa shape index (κ2) is 7.70. The van der Waals surface area contributed by atoms with E-state index in [0.29, 0.717) is 0 Å². The van der Waals surface area contributed by atoms with Crippen LogP contribution < -0.4 is 24.2 Å². The summed E-state index contributed by atoms with van der Waals surface area (Å²) in [6, 6.07) is 6.71. The van der Waals surface area contributed by atoms with Crippen molar-refractivity contribution >= 4 is 33.4 Å². The van der Waals surface area contributed by atoms with Crippen LogP contribution in [0.25, 0.3) is 0 Å². The van der Waals surface area contributed by atoms with Gasteiger partial charge in [-0.1, -0.05) is 13.5 Å². The highest BCUT2D eigenvalue weighted by atomic mass is 28.5. The lowest BCUT2D eigenvalue weighted by Crippen LogP contribution is -2.75. The molecule has 0 aromatic rings. The average Bonchev–Trinajstić information content (AvgIpc) is 2.81. The van der Waals surface area contributed by atoms with Crippen LogP contribution in [0.15, 0.2) is 0 Å². The molecule has 0 aromatic carbocycles. The number of hydrogen-bond donors (Lipinski definition) is 5. The summed E-state index contributed by atoms with van der Waals surface area (Å²) in [5, 5.41) is 0. The Morgan fingerprint density at radius 2 is 1.55 bits per heavy atom. The Kier molecular flexibility index (Phi) is 7.25. The zero-order valence-corrected chi connectivity index (χ0v) is 20.0. The molecule has 1 aliphatic rings. The van der Waals surface area contributed by atoms with Gasteiger partial charge in [0.1, 0.15) is 8.24 Å². The van der Waals surface area contributed by atoms with Gasteiger partial charge in [-0.15, -0.1) is 0 Å². The van der Waals surface area contributed by atoms with Crippen molar-refractivity contribution < 1.29 is 0 Å². The van der Waals surface area contributed by atoms with E-state index < -0.39 is 33.4 Å². The van der Waals surface area contributed by atoms with Crippen molar-refractivity contribution in [2.75, 3.05) is 21.1 Å². The molecule has 0 amide bonds. The highest BCUT2D eigenvalue weighted by molar-refractivity contribution is 7.00. The van der Waals surface area contributed by atoms with Gasteiger partial charge in [-0.05, 0) is 71.0 Å². The van der Waals surface area contributed by atoms with Gasteiger partial charge in [0.15, 0.2) is 25.2 Å². The third kappa shape index (κ3) is 5.35. The van der Waals surface area contributed by atoms with Crippen LogP contribution in [0.3, 0.4) is 0 Å². The molecule has 132 valence electrons. The van der Waals surface area contributed by atoms with Crippen molar-refractivity contribution in [3.05, 3.63) is 0 Å². The van der Waals surface area contributed by atoms with Crippen molar-refractivity contribution in [2.45, 2.75) is 63.3 Å². The molecule has 5 nitrogen and oxygen atoms in total. The fourth-order valence-electron chi connectivity index (χ4n) is 3.38. The van der Waals surface area contributed by atoms with Crippen LogP contribution in [0.5, 0.6) is 0 Å². The highest BCUT2D eigenvalue weighted by Gasteiger charge is 2.48.